The van der Waals surface area contributed by atoms with Crippen LogP contribution in [0.5, 0.6) is 0 Å². The molecule has 0 atom stereocenters. The zero-order valence-electron chi connectivity index (χ0n) is 7.69. The van der Waals surface area contributed by atoms with Gasteiger partial charge in [0.05, 0.1) is 5.39 Å². The van der Waals surface area contributed by atoms with Crippen LogP contribution in [0.15, 0.2) is 32.2 Å². The van der Waals surface area contributed by atoms with Gasteiger partial charge in [-0.3, -0.25) is 4.79 Å². The second-order valence-corrected chi connectivity index (χ2v) is 3.23. The molecule has 1 aromatic carbocycles. The summed E-state index contributed by atoms with van der Waals surface area (Å²) >= 11 is 5.69. The molecule has 0 aliphatic heterocycles. The van der Waals surface area contributed by atoms with Crippen molar-refractivity contribution in [2.75, 3.05) is 7.11 Å². The smallest absolute Gasteiger partial charge is 0.408 e. The first kappa shape index (κ1) is 9.79. The van der Waals surface area contributed by atoms with E-state index in [1.807, 2.05) is 0 Å². The van der Waals surface area contributed by atoms with E-state index in [0.717, 1.165) is 0 Å². The molecule has 0 radical (unpaired) electrons. The van der Waals surface area contributed by atoms with Crippen molar-refractivity contribution in [1.29, 1.82) is 0 Å². The van der Waals surface area contributed by atoms with Gasteiger partial charge in [-0.05, 0) is 12.1 Å². The molecule has 0 fully saturated rings. The van der Waals surface area contributed by atoms with E-state index in [0.29, 0.717) is 9.75 Å². The summed E-state index contributed by atoms with van der Waals surface area (Å²) in [7, 11) is 1.21. The first-order valence-corrected chi connectivity index (χ1v) is 4.41. The van der Waals surface area contributed by atoms with Gasteiger partial charge in [-0.1, -0.05) is 16.3 Å². The highest BCUT2D eigenvalue weighted by Gasteiger charge is 2.09. The molecule has 1 aromatic heterocycles. The van der Waals surface area contributed by atoms with E-state index in [4.69, 9.17) is 16.0 Å². The molecule has 0 unspecified atom stereocenters. The van der Waals surface area contributed by atoms with Crippen LogP contribution < -0.4 is 16.2 Å². The van der Waals surface area contributed by atoms with Crippen LogP contribution in [0.3, 0.4) is 0 Å². The molecule has 5 nitrogen and oxygen atoms in total. The Balaban J connectivity index is 2.98. The Hall–Kier alpha value is -1.75. The van der Waals surface area contributed by atoms with Crippen molar-refractivity contribution in [3.63, 3.8) is 0 Å². The van der Waals surface area contributed by atoms with E-state index in [1.54, 1.807) is 0 Å². The fourth-order valence-corrected chi connectivity index (χ4v) is 1.40. The molecule has 0 amide bonds. The average Bonchev–Trinajstić information content (AvgIpc) is 2.17. The second kappa shape index (κ2) is 3.43. The minimum absolute atomic E-state index is 0.144. The summed E-state index contributed by atoms with van der Waals surface area (Å²) in [4.78, 5) is 27.4. The molecule has 0 bridgehead atoms. The lowest BCUT2D eigenvalue weighted by molar-refractivity contribution is 0.127. The largest absolute Gasteiger partial charge is 0.456 e. The quantitative estimate of drug-likeness (QED) is 0.718. The van der Waals surface area contributed by atoms with Crippen molar-refractivity contribution in [3.05, 3.63) is 44.1 Å². The van der Waals surface area contributed by atoms with Crippen LogP contribution in [0, 0.1) is 0 Å². The van der Waals surface area contributed by atoms with Crippen LogP contribution in [-0.4, -0.2) is 11.8 Å². The van der Waals surface area contributed by atoms with Crippen LogP contribution in [-0.2, 0) is 0 Å². The van der Waals surface area contributed by atoms with E-state index in [9.17, 15) is 9.59 Å². The van der Waals surface area contributed by atoms with E-state index < -0.39 is 11.3 Å². The van der Waals surface area contributed by atoms with Gasteiger partial charge in [0.2, 0.25) is 0 Å². The van der Waals surface area contributed by atoms with Crippen LogP contribution in [0.4, 0.5) is 0 Å². The Morgan fingerprint density at radius 2 is 2.13 bits per heavy atom. The molecule has 0 saturated carbocycles. The Kier molecular flexibility index (Phi) is 2.24. The normalized spacial score (nSPS) is 10.5. The number of rotatable bonds is 1. The van der Waals surface area contributed by atoms with Crippen LogP contribution in [0.1, 0.15) is 0 Å². The average molecular weight is 228 g/mol. The van der Waals surface area contributed by atoms with Gasteiger partial charge < -0.3 is 9.25 Å². The first-order valence-electron chi connectivity index (χ1n) is 4.03. The Morgan fingerprint density at radius 1 is 1.40 bits per heavy atom. The van der Waals surface area contributed by atoms with Gasteiger partial charge in [0, 0.05) is 11.1 Å². The monoisotopic (exact) mass is 227 g/mol. The molecule has 15 heavy (non-hydrogen) atoms. The van der Waals surface area contributed by atoms with E-state index in [-0.39, 0.29) is 11.0 Å². The van der Waals surface area contributed by atoms with E-state index >= 15 is 0 Å². The molecule has 0 spiro atoms. The molecule has 78 valence electrons. The number of aromatic nitrogens is 1. The number of nitrogens with zero attached hydrogens (tertiary/aromatic N) is 1. The Morgan fingerprint density at radius 3 is 2.80 bits per heavy atom. The minimum atomic E-state index is -0.878. The highest BCUT2D eigenvalue weighted by Crippen LogP contribution is 2.14. The van der Waals surface area contributed by atoms with Crippen molar-refractivity contribution in [3.8, 4) is 0 Å². The molecule has 2 rings (SSSR count). The highest BCUT2D eigenvalue weighted by molar-refractivity contribution is 6.31. The lowest BCUT2D eigenvalue weighted by Crippen LogP contribution is -2.36. The molecule has 2 aromatic rings. The molecule has 0 aliphatic carbocycles. The first-order chi connectivity index (χ1) is 7.13. The molecular formula is C9H6ClNO4. The third-order valence-electron chi connectivity index (χ3n) is 1.90. The number of fused-ring (bicyclic) bond motifs is 1. The van der Waals surface area contributed by atoms with Gasteiger partial charge in [-0.25, -0.2) is 4.79 Å². The van der Waals surface area contributed by atoms with Gasteiger partial charge in [0.15, 0.2) is 0 Å². The maximum Gasteiger partial charge on any atom is 0.456 e. The maximum atomic E-state index is 11.6. The maximum absolute atomic E-state index is 11.6. The summed E-state index contributed by atoms with van der Waals surface area (Å²) < 4.78 is 5.38. The zero-order chi connectivity index (χ0) is 11.0. The third-order valence-corrected chi connectivity index (χ3v) is 2.14. The fourth-order valence-electron chi connectivity index (χ4n) is 1.24. The second-order valence-electron chi connectivity index (χ2n) is 2.79. The number of hydrogen-bond donors (Lipinski definition) is 0. The molecule has 0 aliphatic rings. The number of halogens is 1. The summed E-state index contributed by atoms with van der Waals surface area (Å²) in [6, 6.07) is 4.41. The minimum Gasteiger partial charge on any atom is -0.408 e. The summed E-state index contributed by atoms with van der Waals surface area (Å²) in [5.74, 6) is -0.878. The summed E-state index contributed by atoms with van der Waals surface area (Å²) in [5.41, 5.74) is -0.425. The topological polar surface area (TPSA) is 61.4 Å². The van der Waals surface area contributed by atoms with Gasteiger partial charge >= 0.3 is 11.3 Å². The lowest BCUT2D eigenvalue weighted by atomic mass is 10.2. The summed E-state index contributed by atoms with van der Waals surface area (Å²) in [5, 5.41) is 0.626. The molecule has 6 heteroatoms. The SMILES string of the molecule is COn1c(=O)oc2cc(Cl)ccc2c1=O. The van der Waals surface area contributed by atoms with Crippen molar-refractivity contribution < 1.29 is 9.25 Å². The predicted octanol–water partition coefficient (Wildman–Crippen LogP) is 0.666. The number of hydrogen-bond acceptors (Lipinski definition) is 4. The van der Waals surface area contributed by atoms with Crippen LogP contribution in [0.2, 0.25) is 5.02 Å². The molecule has 0 N–H and O–H groups in total. The van der Waals surface area contributed by atoms with Crippen molar-refractivity contribution in [1.82, 2.24) is 4.73 Å². The third kappa shape index (κ3) is 1.50. The van der Waals surface area contributed by atoms with Gasteiger partial charge in [-0.2, -0.15) is 0 Å². The highest BCUT2D eigenvalue weighted by atomic mass is 35.5. The van der Waals surface area contributed by atoms with E-state index in [1.165, 1.54) is 25.3 Å². The fraction of sp³-hybridized carbons (Fsp3) is 0.111. The molecular weight excluding hydrogens is 222 g/mol. The van der Waals surface area contributed by atoms with Gasteiger partial charge in [0.1, 0.15) is 12.7 Å². The molecule has 0 saturated heterocycles. The zero-order valence-corrected chi connectivity index (χ0v) is 8.45. The van der Waals surface area contributed by atoms with Crippen LogP contribution >= 0.6 is 11.6 Å². The molecule has 1 heterocycles. The lowest BCUT2D eigenvalue weighted by Gasteiger charge is -2.01. The summed E-state index contributed by atoms with van der Waals surface area (Å²) in [6.45, 7) is 0. The Bertz CT molecular complexity index is 628. The van der Waals surface area contributed by atoms with Crippen molar-refractivity contribution in [2.24, 2.45) is 0 Å². The van der Waals surface area contributed by atoms with E-state index in [2.05, 4.69) is 4.84 Å². The standard InChI is InChI=1S/C9H6ClNO4/c1-14-11-8(12)6-3-2-5(10)4-7(6)15-9(11)13/h2-4H,1H3. The van der Waals surface area contributed by atoms with Crippen molar-refractivity contribution in [2.45, 2.75) is 0 Å². The van der Waals surface area contributed by atoms with Crippen molar-refractivity contribution >= 4 is 22.6 Å². The van der Waals surface area contributed by atoms with Gasteiger partial charge in [-0.15, -0.1) is 0 Å². The summed E-state index contributed by atoms with van der Waals surface area (Å²) in [6.07, 6.45) is 0. The van der Waals surface area contributed by atoms with Crippen LogP contribution in [0.25, 0.3) is 11.0 Å². The number of benzene rings is 1. The predicted molar refractivity (Wildman–Crippen MR) is 54.3 cm³/mol. The van der Waals surface area contributed by atoms with Gasteiger partial charge in [0.25, 0.3) is 0 Å². The Labute approximate surface area is 88.4 Å².